The smallest absolute Gasteiger partial charge is 0.338 e. The number of phenolic OH excluding ortho intramolecular Hbond substituents is 1. The molecule has 0 saturated carbocycles. The highest BCUT2D eigenvalue weighted by atomic mass is 16.5. The topological polar surface area (TPSA) is 71.5 Å². The van der Waals surface area contributed by atoms with Crippen molar-refractivity contribution in [3.63, 3.8) is 0 Å². The number of phenols is 1. The number of carbonyl (C=O) groups excluding carboxylic acids is 1. The lowest BCUT2D eigenvalue weighted by Gasteiger charge is -2.23. The molecule has 2 N–H and O–H groups in total. The van der Waals surface area contributed by atoms with Crippen LogP contribution in [-0.2, 0) is 4.74 Å². The van der Waals surface area contributed by atoms with Crippen LogP contribution in [-0.4, -0.2) is 22.7 Å². The maximum Gasteiger partial charge on any atom is 0.338 e. The lowest BCUT2D eigenvalue weighted by Crippen LogP contribution is -2.13. The largest absolute Gasteiger partial charge is 0.505 e. The maximum atomic E-state index is 12.3. The number of pyridine rings is 1. The number of benzene rings is 3. The number of nitrogens with one attached hydrogen (secondary N) is 1. The number of nitrogens with zero attached hydrogens (tertiary/aromatic N) is 1. The van der Waals surface area contributed by atoms with Gasteiger partial charge in [-0.1, -0.05) is 61.5 Å². The van der Waals surface area contributed by atoms with E-state index in [-0.39, 0.29) is 17.8 Å². The highest BCUT2D eigenvalue weighted by Crippen LogP contribution is 2.36. The summed E-state index contributed by atoms with van der Waals surface area (Å²) in [5, 5.41) is 15.4. The second kappa shape index (κ2) is 9.30. The molecule has 0 aliphatic rings. The Kier molecular flexibility index (Phi) is 6.13. The van der Waals surface area contributed by atoms with Gasteiger partial charge in [0.2, 0.25) is 0 Å². The first-order chi connectivity index (χ1) is 15.2. The summed E-state index contributed by atoms with van der Waals surface area (Å²) in [5.74, 6) is -0.211. The second-order valence-corrected chi connectivity index (χ2v) is 7.28. The van der Waals surface area contributed by atoms with Crippen molar-refractivity contribution in [1.82, 2.24) is 4.98 Å². The van der Waals surface area contributed by atoms with E-state index in [2.05, 4.69) is 10.3 Å². The van der Waals surface area contributed by atoms with Crippen molar-refractivity contribution in [2.75, 3.05) is 11.9 Å². The van der Waals surface area contributed by atoms with Crippen LogP contribution < -0.4 is 5.32 Å². The summed E-state index contributed by atoms with van der Waals surface area (Å²) in [6, 6.07) is 24.4. The number of ether oxygens (including phenoxy) is 1. The first kappa shape index (κ1) is 20.4. The van der Waals surface area contributed by atoms with Gasteiger partial charge in [0.25, 0.3) is 0 Å². The lowest BCUT2D eigenvalue weighted by atomic mass is 9.96. The van der Waals surface area contributed by atoms with Crippen LogP contribution in [0.2, 0.25) is 0 Å². The van der Waals surface area contributed by atoms with Crippen LogP contribution in [0.1, 0.15) is 40.9 Å². The fraction of sp³-hybridized carbons (Fsp3) is 0.154. The number of aromatic hydroxyl groups is 1. The zero-order valence-electron chi connectivity index (χ0n) is 17.3. The first-order valence-corrected chi connectivity index (χ1v) is 10.3. The van der Waals surface area contributed by atoms with Crippen LogP contribution in [0.5, 0.6) is 5.75 Å². The van der Waals surface area contributed by atoms with Gasteiger partial charge in [0.1, 0.15) is 11.3 Å². The van der Waals surface area contributed by atoms with Crippen LogP contribution in [0, 0.1) is 0 Å². The normalized spacial score (nSPS) is 11.8. The molecule has 4 rings (SSSR count). The summed E-state index contributed by atoms with van der Waals surface area (Å²) in [5.41, 5.74) is 3.47. The molecule has 1 atom stereocenters. The average Bonchev–Trinajstić information content (AvgIpc) is 2.82. The Morgan fingerprint density at radius 1 is 1.03 bits per heavy atom. The minimum atomic E-state index is -0.348. The SMILES string of the molecule is CCCOC(=O)c1cccc(NC(c2ccccc2)c2ccc3cccnc3c2O)c1. The van der Waals surface area contributed by atoms with Gasteiger partial charge in [0, 0.05) is 22.8 Å². The first-order valence-electron chi connectivity index (χ1n) is 10.3. The molecule has 1 aromatic heterocycles. The Labute approximate surface area is 181 Å². The lowest BCUT2D eigenvalue weighted by molar-refractivity contribution is 0.0505. The van der Waals surface area contributed by atoms with Crippen molar-refractivity contribution in [3.8, 4) is 5.75 Å². The van der Waals surface area contributed by atoms with Crippen molar-refractivity contribution in [2.24, 2.45) is 0 Å². The Morgan fingerprint density at radius 3 is 2.68 bits per heavy atom. The number of hydrogen-bond donors (Lipinski definition) is 2. The molecule has 0 spiro atoms. The number of anilines is 1. The molecule has 0 aliphatic heterocycles. The van der Waals surface area contributed by atoms with E-state index in [0.717, 1.165) is 23.1 Å². The van der Waals surface area contributed by atoms with Crippen molar-refractivity contribution in [1.29, 1.82) is 0 Å². The van der Waals surface area contributed by atoms with Crippen LogP contribution in [0.4, 0.5) is 5.69 Å². The molecule has 1 unspecified atom stereocenters. The number of fused-ring (bicyclic) bond motifs is 1. The third-order valence-corrected chi connectivity index (χ3v) is 5.07. The van der Waals surface area contributed by atoms with E-state index in [0.29, 0.717) is 23.3 Å². The molecule has 31 heavy (non-hydrogen) atoms. The molecular formula is C26H24N2O3. The number of esters is 1. The van der Waals surface area contributed by atoms with Gasteiger partial charge in [-0.2, -0.15) is 0 Å². The van der Waals surface area contributed by atoms with E-state index in [9.17, 15) is 9.90 Å². The Bertz CT molecular complexity index is 1190. The number of carbonyl (C=O) groups is 1. The molecule has 0 radical (unpaired) electrons. The molecule has 0 aliphatic carbocycles. The van der Waals surface area contributed by atoms with Crippen LogP contribution in [0.3, 0.4) is 0 Å². The Morgan fingerprint density at radius 2 is 1.87 bits per heavy atom. The van der Waals surface area contributed by atoms with E-state index < -0.39 is 0 Å². The van der Waals surface area contributed by atoms with E-state index in [4.69, 9.17) is 4.74 Å². The summed E-state index contributed by atoms with van der Waals surface area (Å²) in [6.07, 6.45) is 2.44. The highest BCUT2D eigenvalue weighted by molar-refractivity contribution is 5.90. The monoisotopic (exact) mass is 412 g/mol. The van der Waals surface area contributed by atoms with Gasteiger partial charge in [-0.15, -0.1) is 0 Å². The predicted molar refractivity (Wildman–Crippen MR) is 122 cm³/mol. The van der Waals surface area contributed by atoms with Crippen molar-refractivity contribution < 1.29 is 14.6 Å². The molecule has 0 saturated heterocycles. The molecule has 156 valence electrons. The predicted octanol–water partition coefficient (Wildman–Crippen LogP) is 5.71. The molecule has 5 nitrogen and oxygen atoms in total. The maximum absolute atomic E-state index is 12.3. The fourth-order valence-corrected chi connectivity index (χ4v) is 3.55. The van der Waals surface area contributed by atoms with Gasteiger partial charge >= 0.3 is 5.97 Å². The molecule has 0 bridgehead atoms. The highest BCUT2D eigenvalue weighted by Gasteiger charge is 2.20. The summed E-state index contributed by atoms with van der Waals surface area (Å²) in [6.45, 7) is 2.35. The van der Waals surface area contributed by atoms with Crippen LogP contribution in [0.15, 0.2) is 85.1 Å². The van der Waals surface area contributed by atoms with E-state index in [1.807, 2.05) is 73.7 Å². The minimum Gasteiger partial charge on any atom is -0.505 e. The van der Waals surface area contributed by atoms with Gasteiger partial charge in [-0.05, 0) is 36.2 Å². The third-order valence-electron chi connectivity index (χ3n) is 5.07. The van der Waals surface area contributed by atoms with Crippen LogP contribution >= 0.6 is 0 Å². The molecule has 0 amide bonds. The van der Waals surface area contributed by atoms with Gasteiger partial charge in [-0.25, -0.2) is 4.79 Å². The molecule has 5 heteroatoms. The van der Waals surface area contributed by atoms with Gasteiger partial charge in [0.05, 0.1) is 18.2 Å². The van der Waals surface area contributed by atoms with Crippen molar-refractivity contribution in [2.45, 2.75) is 19.4 Å². The standard InChI is InChI=1S/C26H24N2O3/c1-2-16-31-26(30)20-10-6-12-21(17-20)28-23(18-8-4-3-5-9-18)22-14-13-19-11-7-15-27-24(19)25(22)29/h3-15,17,23,28-29H,2,16H2,1H3. The van der Waals surface area contributed by atoms with E-state index >= 15 is 0 Å². The number of hydrogen-bond acceptors (Lipinski definition) is 5. The summed E-state index contributed by atoms with van der Waals surface area (Å²) in [4.78, 5) is 16.6. The number of aromatic nitrogens is 1. The van der Waals surface area contributed by atoms with Gasteiger partial charge < -0.3 is 15.2 Å². The van der Waals surface area contributed by atoms with Gasteiger partial charge in [-0.3, -0.25) is 4.98 Å². The second-order valence-electron chi connectivity index (χ2n) is 7.28. The fourth-order valence-electron chi connectivity index (χ4n) is 3.55. The Balaban J connectivity index is 1.73. The minimum absolute atomic E-state index is 0.137. The van der Waals surface area contributed by atoms with Crippen LogP contribution in [0.25, 0.3) is 10.9 Å². The van der Waals surface area contributed by atoms with E-state index in [1.54, 1.807) is 18.3 Å². The summed E-state index contributed by atoms with van der Waals surface area (Å²) >= 11 is 0. The summed E-state index contributed by atoms with van der Waals surface area (Å²) < 4.78 is 5.26. The Hall–Kier alpha value is -3.86. The molecule has 4 aromatic rings. The zero-order chi connectivity index (χ0) is 21.6. The van der Waals surface area contributed by atoms with Gasteiger partial charge in [0.15, 0.2) is 0 Å². The summed E-state index contributed by atoms with van der Waals surface area (Å²) in [7, 11) is 0. The average molecular weight is 412 g/mol. The third kappa shape index (κ3) is 4.51. The molecule has 0 fully saturated rings. The molecular weight excluding hydrogens is 388 g/mol. The van der Waals surface area contributed by atoms with Crippen molar-refractivity contribution in [3.05, 3.63) is 102 Å². The zero-order valence-corrected chi connectivity index (χ0v) is 17.3. The van der Waals surface area contributed by atoms with Crippen molar-refractivity contribution >= 4 is 22.6 Å². The number of rotatable bonds is 7. The molecule has 1 heterocycles. The van der Waals surface area contributed by atoms with E-state index in [1.165, 1.54) is 0 Å². The quantitative estimate of drug-likeness (QED) is 0.381. The molecule has 3 aromatic carbocycles.